The van der Waals surface area contributed by atoms with Gasteiger partial charge in [-0.2, -0.15) is 0 Å². The van der Waals surface area contributed by atoms with Gasteiger partial charge in [0.05, 0.1) is 11.0 Å². The lowest BCUT2D eigenvalue weighted by atomic mass is 9.82. The van der Waals surface area contributed by atoms with Crippen molar-refractivity contribution < 1.29 is 0 Å². The van der Waals surface area contributed by atoms with E-state index in [1.807, 2.05) is 12.4 Å². The summed E-state index contributed by atoms with van der Waals surface area (Å²) in [6.45, 7) is 0. The fraction of sp³-hybridized carbons (Fsp3) is 0. The molecule has 1 aliphatic rings. The van der Waals surface area contributed by atoms with Gasteiger partial charge in [0.25, 0.3) is 0 Å². The lowest BCUT2D eigenvalue weighted by molar-refractivity contribution is 1.18. The quantitative estimate of drug-likeness (QED) is 0.179. The van der Waals surface area contributed by atoms with E-state index in [1.165, 1.54) is 110 Å². The standard InChI is InChI=1S/C53H32N2/c1-3-12-35(13-4-1)48-40-16-7-8-17-41(40)49(36-14-5-2-6-15-36)53-44-28-27-38(39-19-11-20-43(50(39)44)52(48)53)33-22-25-37(26-23-33)55-46-21-10-9-18-42(46)51-45-32-54-31-30-34(45)24-29-47(51)55/h1-32H. The Morgan fingerprint density at radius 1 is 0.327 bits per heavy atom. The number of hydrogen-bond donors (Lipinski definition) is 0. The minimum absolute atomic E-state index is 1.14. The minimum atomic E-state index is 1.14. The molecule has 0 N–H and O–H groups in total. The Hall–Kier alpha value is -7.29. The highest BCUT2D eigenvalue weighted by Gasteiger charge is 2.31. The SMILES string of the molecule is c1ccc(-c2c3c(c(-c4ccccc4)c4ccccc24)-c2ccc(-c4ccc(-n5c6ccccc6c6c7cnccc7ccc65)cc4)c4cccc-3c24)cc1. The topological polar surface area (TPSA) is 17.8 Å². The predicted molar refractivity (Wildman–Crippen MR) is 232 cm³/mol. The van der Waals surface area contributed by atoms with Gasteiger partial charge in [0.15, 0.2) is 0 Å². The second-order valence-corrected chi connectivity index (χ2v) is 14.6. The highest BCUT2D eigenvalue weighted by molar-refractivity contribution is 6.29. The average Bonchev–Trinajstić information content (AvgIpc) is 3.78. The van der Waals surface area contributed by atoms with Crippen molar-refractivity contribution in [1.29, 1.82) is 0 Å². The maximum atomic E-state index is 4.50. The molecule has 9 aromatic carbocycles. The summed E-state index contributed by atoms with van der Waals surface area (Å²) in [4.78, 5) is 4.50. The second-order valence-electron chi connectivity index (χ2n) is 14.6. The van der Waals surface area contributed by atoms with Gasteiger partial charge in [0, 0.05) is 34.2 Å². The molecular formula is C53H32N2. The molecule has 55 heavy (non-hydrogen) atoms. The van der Waals surface area contributed by atoms with E-state index in [9.17, 15) is 0 Å². The van der Waals surface area contributed by atoms with Crippen LogP contribution >= 0.6 is 0 Å². The molecule has 0 bridgehead atoms. The first-order valence-electron chi connectivity index (χ1n) is 19.0. The number of aromatic nitrogens is 2. The lowest BCUT2D eigenvalue weighted by Gasteiger charge is -2.20. The molecule has 2 heteroatoms. The van der Waals surface area contributed by atoms with Gasteiger partial charge in [-0.05, 0) is 113 Å². The molecule has 0 saturated carbocycles. The molecule has 11 aromatic rings. The van der Waals surface area contributed by atoms with Crippen molar-refractivity contribution in [2.75, 3.05) is 0 Å². The van der Waals surface area contributed by atoms with Gasteiger partial charge in [-0.1, -0.05) is 152 Å². The van der Waals surface area contributed by atoms with Gasteiger partial charge in [-0.15, -0.1) is 0 Å². The maximum Gasteiger partial charge on any atom is 0.0548 e. The fourth-order valence-corrected chi connectivity index (χ4v) is 9.56. The molecule has 12 rings (SSSR count). The number of benzene rings is 9. The highest BCUT2D eigenvalue weighted by Crippen LogP contribution is 2.58. The third-order valence-corrected chi connectivity index (χ3v) is 11.8. The van der Waals surface area contributed by atoms with Crippen LogP contribution in [0.3, 0.4) is 0 Å². The zero-order valence-corrected chi connectivity index (χ0v) is 29.9. The average molecular weight is 697 g/mol. The van der Waals surface area contributed by atoms with E-state index >= 15 is 0 Å². The van der Waals surface area contributed by atoms with Crippen LogP contribution in [0.5, 0.6) is 0 Å². The van der Waals surface area contributed by atoms with Crippen LogP contribution in [0, 0.1) is 0 Å². The van der Waals surface area contributed by atoms with Crippen LogP contribution in [0.4, 0.5) is 0 Å². The first kappa shape index (κ1) is 30.2. The summed E-state index contributed by atoms with van der Waals surface area (Å²) in [6.07, 6.45) is 3.87. The minimum Gasteiger partial charge on any atom is -0.309 e. The van der Waals surface area contributed by atoms with Crippen molar-refractivity contribution in [3.8, 4) is 61.3 Å². The molecule has 0 aliphatic heterocycles. The smallest absolute Gasteiger partial charge is 0.0548 e. The molecule has 2 nitrogen and oxygen atoms in total. The molecule has 1 aliphatic carbocycles. The summed E-state index contributed by atoms with van der Waals surface area (Å²) < 4.78 is 2.39. The number of hydrogen-bond acceptors (Lipinski definition) is 1. The third-order valence-electron chi connectivity index (χ3n) is 11.8. The molecule has 0 unspecified atom stereocenters. The Morgan fingerprint density at radius 2 is 0.927 bits per heavy atom. The zero-order chi connectivity index (χ0) is 36.0. The van der Waals surface area contributed by atoms with Crippen LogP contribution in [0.15, 0.2) is 194 Å². The first-order chi connectivity index (χ1) is 27.3. The van der Waals surface area contributed by atoms with Crippen molar-refractivity contribution in [1.82, 2.24) is 9.55 Å². The van der Waals surface area contributed by atoms with E-state index in [4.69, 9.17) is 0 Å². The van der Waals surface area contributed by atoms with E-state index in [2.05, 4.69) is 192 Å². The summed E-state index contributed by atoms with van der Waals surface area (Å²) >= 11 is 0. The highest BCUT2D eigenvalue weighted by atomic mass is 15.0. The fourth-order valence-electron chi connectivity index (χ4n) is 9.56. The van der Waals surface area contributed by atoms with Gasteiger partial charge < -0.3 is 4.57 Å². The predicted octanol–water partition coefficient (Wildman–Crippen LogP) is 14.3. The van der Waals surface area contributed by atoms with E-state index in [-0.39, 0.29) is 0 Å². The van der Waals surface area contributed by atoms with Gasteiger partial charge in [0.2, 0.25) is 0 Å². The van der Waals surface area contributed by atoms with Crippen molar-refractivity contribution in [3.05, 3.63) is 194 Å². The molecular weight excluding hydrogens is 665 g/mol. The van der Waals surface area contributed by atoms with Crippen LogP contribution < -0.4 is 0 Å². The second kappa shape index (κ2) is 11.6. The number of rotatable bonds is 4. The van der Waals surface area contributed by atoms with Crippen molar-refractivity contribution in [2.45, 2.75) is 0 Å². The van der Waals surface area contributed by atoms with Gasteiger partial charge in [-0.25, -0.2) is 0 Å². The zero-order valence-electron chi connectivity index (χ0n) is 29.9. The van der Waals surface area contributed by atoms with Gasteiger partial charge >= 0.3 is 0 Å². The molecule has 0 spiro atoms. The van der Waals surface area contributed by atoms with Crippen LogP contribution in [0.25, 0.3) is 115 Å². The number of fused-ring (bicyclic) bond motifs is 9. The molecule has 2 aromatic heterocycles. The Bertz CT molecular complexity index is 3250. The molecule has 0 atom stereocenters. The molecule has 2 heterocycles. The monoisotopic (exact) mass is 696 g/mol. The third kappa shape index (κ3) is 4.28. The molecule has 0 amide bonds. The van der Waals surface area contributed by atoms with E-state index in [0.29, 0.717) is 0 Å². The summed E-state index contributed by atoms with van der Waals surface area (Å²) in [6, 6.07) is 66.9. The van der Waals surface area contributed by atoms with E-state index < -0.39 is 0 Å². The number of para-hydroxylation sites is 1. The van der Waals surface area contributed by atoms with E-state index in [1.54, 1.807) is 0 Å². The first-order valence-corrected chi connectivity index (χ1v) is 19.0. The van der Waals surface area contributed by atoms with Crippen LogP contribution in [0.2, 0.25) is 0 Å². The van der Waals surface area contributed by atoms with Crippen molar-refractivity contribution >= 4 is 54.1 Å². The van der Waals surface area contributed by atoms with Gasteiger partial charge in [0.1, 0.15) is 0 Å². The Labute approximate surface area is 318 Å². The van der Waals surface area contributed by atoms with Crippen molar-refractivity contribution in [2.24, 2.45) is 0 Å². The Kier molecular flexibility index (Phi) is 6.37. The molecule has 0 radical (unpaired) electrons. The Morgan fingerprint density at radius 3 is 1.64 bits per heavy atom. The molecule has 254 valence electrons. The molecule has 0 saturated heterocycles. The largest absolute Gasteiger partial charge is 0.309 e. The number of pyridine rings is 1. The van der Waals surface area contributed by atoms with E-state index in [0.717, 1.165) is 5.69 Å². The summed E-state index contributed by atoms with van der Waals surface area (Å²) in [7, 11) is 0. The van der Waals surface area contributed by atoms with Crippen molar-refractivity contribution in [3.63, 3.8) is 0 Å². The number of nitrogens with zero attached hydrogens (tertiary/aromatic N) is 2. The maximum absolute atomic E-state index is 4.50. The summed E-state index contributed by atoms with van der Waals surface area (Å²) in [5, 5.41) is 10.0. The van der Waals surface area contributed by atoms with Gasteiger partial charge in [-0.3, -0.25) is 4.98 Å². The van der Waals surface area contributed by atoms with Crippen LogP contribution in [-0.2, 0) is 0 Å². The molecule has 0 fully saturated rings. The Balaban J connectivity index is 1.08. The normalized spacial score (nSPS) is 12.0. The lowest BCUT2D eigenvalue weighted by Crippen LogP contribution is -1.94. The summed E-state index contributed by atoms with van der Waals surface area (Å²) in [5.74, 6) is 0. The van der Waals surface area contributed by atoms with Crippen LogP contribution in [-0.4, -0.2) is 9.55 Å². The van der Waals surface area contributed by atoms with Crippen LogP contribution in [0.1, 0.15) is 0 Å². The summed E-state index contributed by atoms with van der Waals surface area (Å²) in [5.41, 5.74) is 16.3.